The molecule has 3 heteroatoms. The molecule has 0 bridgehead atoms. The van der Waals surface area contributed by atoms with Crippen LogP contribution in [-0.2, 0) is 4.74 Å². The van der Waals surface area contributed by atoms with Gasteiger partial charge in [-0.2, -0.15) is 0 Å². The summed E-state index contributed by atoms with van der Waals surface area (Å²) in [6.45, 7) is 0. The van der Waals surface area contributed by atoms with Gasteiger partial charge < -0.3 is 10.5 Å². The molecule has 0 amide bonds. The zero-order chi connectivity index (χ0) is 13.4. The van der Waals surface area contributed by atoms with Crippen molar-refractivity contribution in [1.82, 2.24) is 0 Å². The summed E-state index contributed by atoms with van der Waals surface area (Å²) in [7, 11) is 1.35. The van der Waals surface area contributed by atoms with Crippen LogP contribution < -0.4 is 5.73 Å². The highest BCUT2D eigenvalue weighted by Gasteiger charge is 2.12. The molecule has 2 N–H and O–H groups in total. The highest BCUT2D eigenvalue weighted by Crippen LogP contribution is 2.29. The average molecular weight is 251 g/mol. The van der Waals surface area contributed by atoms with E-state index in [1.54, 1.807) is 6.07 Å². The summed E-state index contributed by atoms with van der Waals surface area (Å²) in [5.74, 6) is -0.410. The first-order valence-corrected chi connectivity index (χ1v) is 6.00. The summed E-state index contributed by atoms with van der Waals surface area (Å²) in [5, 5.41) is 4.31. The minimum Gasteiger partial charge on any atom is -0.465 e. The van der Waals surface area contributed by atoms with E-state index < -0.39 is 5.97 Å². The monoisotopic (exact) mass is 251 g/mol. The summed E-state index contributed by atoms with van der Waals surface area (Å²) in [6.07, 6.45) is 0. The maximum Gasteiger partial charge on any atom is 0.339 e. The Morgan fingerprint density at radius 2 is 1.74 bits per heavy atom. The van der Waals surface area contributed by atoms with Gasteiger partial charge in [0.2, 0.25) is 0 Å². The normalized spacial score (nSPS) is 10.8. The first-order valence-electron chi connectivity index (χ1n) is 6.00. The van der Waals surface area contributed by atoms with Gasteiger partial charge in [0.1, 0.15) is 0 Å². The summed E-state index contributed by atoms with van der Waals surface area (Å²) in [4.78, 5) is 11.6. The number of fused-ring (bicyclic) bond motifs is 3. The fourth-order valence-corrected chi connectivity index (χ4v) is 2.36. The minimum atomic E-state index is -0.410. The maximum absolute atomic E-state index is 11.6. The number of benzene rings is 3. The van der Waals surface area contributed by atoms with Crippen LogP contribution in [0.2, 0.25) is 0 Å². The van der Waals surface area contributed by atoms with Gasteiger partial charge >= 0.3 is 5.97 Å². The quantitative estimate of drug-likeness (QED) is 0.410. The van der Waals surface area contributed by atoms with Crippen molar-refractivity contribution in [2.45, 2.75) is 0 Å². The SMILES string of the molecule is COC(=O)c1cc2ccc3ccccc3c2cc1N. The fraction of sp³-hybridized carbons (Fsp3) is 0.0625. The van der Waals surface area contributed by atoms with Crippen molar-refractivity contribution in [1.29, 1.82) is 0 Å². The van der Waals surface area contributed by atoms with Crippen LogP contribution in [0.5, 0.6) is 0 Å². The summed E-state index contributed by atoms with van der Waals surface area (Å²) in [6, 6.07) is 15.7. The van der Waals surface area contributed by atoms with E-state index in [1.807, 2.05) is 30.3 Å². The molecule has 0 saturated heterocycles. The predicted molar refractivity (Wildman–Crippen MR) is 77.2 cm³/mol. The van der Waals surface area contributed by atoms with Crippen LogP contribution in [0, 0.1) is 0 Å². The van der Waals surface area contributed by atoms with Crippen LogP contribution in [0.3, 0.4) is 0 Å². The second-order valence-corrected chi connectivity index (χ2v) is 4.44. The Balaban J connectivity index is 2.37. The Morgan fingerprint density at radius 1 is 1.00 bits per heavy atom. The van der Waals surface area contributed by atoms with Crippen LogP contribution in [0.15, 0.2) is 48.5 Å². The molecule has 3 nitrogen and oxygen atoms in total. The topological polar surface area (TPSA) is 52.3 Å². The number of ether oxygens (including phenoxy) is 1. The van der Waals surface area contributed by atoms with E-state index in [0.29, 0.717) is 11.3 Å². The molecule has 3 aromatic carbocycles. The van der Waals surface area contributed by atoms with Crippen molar-refractivity contribution in [2.24, 2.45) is 0 Å². The lowest BCUT2D eigenvalue weighted by molar-refractivity contribution is 0.0602. The molecule has 0 saturated carbocycles. The van der Waals surface area contributed by atoms with Gasteiger partial charge in [-0.25, -0.2) is 4.79 Å². The van der Waals surface area contributed by atoms with Crippen molar-refractivity contribution in [2.75, 3.05) is 12.8 Å². The Hall–Kier alpha value is -2.55. The number of hydrogen-bond acceptors (Lipinski definition) is 3. The number of nitrogens with two attached hydrogens (primary N) is 1. The highest BCUT2D eigenvalue weighted by molar-refractivity contribution is 6.11. The molecular formula is C16H13NO2. The molecule has 0 aliphatic heterocycles. The molecule has 0 aliphatic rings. The Morgan fingerprint density at radius 3 is 2.53 bits per heavy atom. The van der Waals surface area contributed by atoms with Crippen LogP contribution in [0.25, 0.3) is 21.5 Å². The smallest absolute Gasteiger partial charge is 0.339 e. The van der Waals surface area contributed by atoms with Gasteiger partial charge in [-0.3, -0.25) is 0 Å². The molecule has 0 aromatic heterocycles. The lowest BCUT2D eigenvalue weighted by Gasteiger charge is -2.08. The van der Waals surface area contributed by atoms with E-state index in [0.717, 1.165) is 21.5 Å². The molecule has 3 rings (SSSR count). The number of methoxy groups -OCH3 is 1. The highest BCUT2D eigenvalue weighted by atomic mass is 16.5. The molecule has 94 valence electrons. The number of carbonyl (C=O) groups is 1. The van der Waals surface area contributed by atoms with Crippen molar-refractivity contribution in [3.8, 4) is 0 Å². The third kappa shape index (κ3) is 1.80. The zero-order valence-corrected chi connectivity index (χ0v) is 10.5. The lowest BCUT2D eigenvalue weighted by Crippen LogP contribution is -2.05. The fourth-order valence-electron chi connectivity index (χ4n) is 2.36. The molecule has 0 atom stereocenters. The number of rotatable bonds is 1. The van der Waals surface area contributed by atoms with Gasteiger partial charge in [0, 0.05) is 5.69 Å². The van der Waals surface area contributed by atoms with Crippen molar-refractivity contribution >= 4 is 33.2 Å². The largest absolute Gasteiger partial charge is 0.465 e. The average Bonchev–Trinajstić information content (AvgIpc) is 2.45. The third-order valence-electron chi connectivity index (χ3n) is 3.32. The van der Waals surface area contributed by atoms with E-state index >= 15 is 0 Å². The van der Waals surface area contributed by atoms with Gasteiger partial charge in [0.05, 0.1) is 12.7 Å². The zero-order valence-electron chi connectivity index (χ0n) is 10.5. The van der Waals surface area contributed by atoms with E-state index in [4.69, 9.17) is 10.5 Å². The Labute approximate surface area is 110 Å². The molecule has 19 heavy (non-hydrogen) atoms. The van der Waals surface area contributed by atoms with Crippen molar-refractivity contribution in [3.63, 3.8) is 0 Å². The molecule has 0 heterocycles. The van der Waals surface area contributed by atoms with Gasteiger partial charge in [-0.15, -0.1) is 0 Å². The number of hydrogen-bond donors (Lipinski definition) is 1. The number of carbonyl (C=O) groups excluding carboxylic acids is 1. The number of nitrogen functional groups attached to an aromatic ring is 1. The Kier molecular flexibility index (Phi) is 2.60. The van der Waals surface area contributed by atoms with E-state index in [1.165, 1.54) is 7.11 Å². The predicted octanol–water partition coefficient (Wildman–Crippen LogP) is 3.36. The second kappa shape index (κ2) is 4.28. The van der Waals surface area contributed by atoms with Crippen LogP contribution in [-0.4, -0.2) is 13.1 Å². The summed E-state index contributed by atoms with van der Waals surface area (Å²) >= 11 is 0. The van der Waals surface area contributed by atoms with Crippen molar-refractivity contribution in [3.05, 3.63) is 54.1 Å². The summed E-state index contributed by atoms with van der Waals surface area (Å²) < 4.78 is 4.73. The number of anilines is 1. The van der Waals surface area contributed by atoms with Crippen molar-refractivity contribution < 1.29 is 9.53 Å². The second-order valence-electron chi connectivity index (χ2n) is 4.44. The minimum absolute atomic E-state index is 0.408. The molecule has 0 aliphatic carbocycles. The van der Waals surface area contributed by atoms with Gasteiger partial charge in [-0.05, 0) is 33.7 Å². The summed E-state index contributed by atoms with van der Waals surface area (Å²) in [5.41, 5.74) is 6.80. The van der Waals surface area contributed by atoms with E-state index in [-0.39, 0.29) is 0 Å². The first-order chi connectivity index (χ1) is 9.20. The molecule has 0 radical (unpaired) electrons. The number of esters is 1. The van der Waals surface area contributed by atoms with Crippen LogP contribution in [0.1, 0.15) is 10.4 Å². The molecule has 3 aromatic rings. The molecular weight excluding hydrogens is 238 g/mol. The maximum atomic E-state index is 11.6. The van der Waals surface area contributed by atoms with Gasteiger partial charge in [0.15, 0.2) is 0 Å². The van der Waals surface area contributed by atoms with Crippen LogP contribution >= 0.6 is 0 Å². The molecule has 0 fully saturated rings. The molecule has 0 unspecified atom stereocenters. The first kappa shape index (κ1) is 11.5. The van der Waals surface area contributed by atoms with E-state index in [2.05, 4.69) is 12.1 Å². The van der Waals surface area contributed by atoms with Gasteiger partial charge in [-0.1, -0.05) is 36.4 Å². The van der Waals surface area contributed by atoms with Crippen LogP contribution in [0.4, 0.5) is 5.69 Å². The lowest BCUT2D eigenvalue weighted by atomic mass is 9.99. The third-order valence-corrected chi connectivity index (χ3v) is 3.32. The van der Waals surface area contributed by atoms with Gasteiger partial charge in [0.25, 0.3) is 0 Å². The molecule has 0 spiro atoms. The Bertz CT molecular complexity index is 793. The van der Waals surface area contributed by atoms with E-state index in [9.17, 15) is 4.79 Å². The standard InChI is InChI=1S/C16H13NO2/c1-19-16(18)14-8-11-7-6-10-4-2-3-5-12(10)13(11)9-15(14)17/h2-9H,17H2,1H3.